The lowest BCUT2D eigenvalue weighted by molar-refractivity contribution is 0.247. The van der Waals surface area contributed by atoms with E-state index in [-0.39, 0.29) is 5.75 Å². The number of nitrogens with zero attached hydrogens (tertiary/aromatic N) is 2. The van der Waals surface area contributed by atoms with Gasteiger partial charge in [0.1, 0.15) is 0 Å². The molecule has 0 aromatic carbocycles. The van der Waals surface area contributed by atoms with Gasteiger partial charge in [-0.25, -0.2) is 12.7 Å². The maximum atomic E-state index is 11.8. The number of sulfonamides is 1. The second-order valence-corrected chi connectivity index (χ2v) is 6.86. The monoisotopic (exact) mass is 232 g/mol. The molecular weight excluding hydrogens is 212 g/mol. The van der Waals surface area contributed by atoms with E-state index in [4.69, 9.17) is 0 Å². The smallest absolute Gasteiger partial charge is 0.213 e. The van der Waals surface area contributed by atoms with Gasteiger partial charge >= 0.3 is 0 Å². The van der Waals surface area contributed by atoms with Crippen LogP contribution in [-0.2, 0) is 10.0 Å². The molecule has 0 amide bonds. The number of likely N-dealkylation sites (N-methyl/N-ethyl adjacent to an activating group) is 1. The molecule has 2 rings (SSSR count). The summed E-state index contributed by atoms with van der Waals surface area (Å²) in [6, 6.07) is 1.05. The molecule has 2 saturated heterocycles. The van der Waals surface area contributed by atoms with Crippen LogP contribution in [0.25, 0.3) is 0 Å². The molecule has 15 heavy (non-hydrogen) atoms. The van der Waals surface area contributed by atoms with E-state index in [0.29, 0.717) is 25.2 Å². The van der Waals surface area contributed by atoms with E-state index >= 15 is 0 Å². The largest absolute Gasteiger partial charge is 0.299 e. The van der Waals surface area contributed by atoms with Crippen molar-refractivity contribution in [1.82, 2.24) is 9.21 Å². The molecule has 0 spiro atoms. The van der Waals surface area contributed by atoms with Crippen LogP contribution in [0.1, 0.15) is 26.2 Å². The number of fused-ring (bicyclic) bond motifs is 2. The molecule has 0 aromatic heterocycles. The normalized spacial score (nSPS) is 34.3. The van der Waals surface area contributed by atoms with Crippen LogP contribution in [0, 0.1) is 0 Å². The summed E-state index contributed by atoms with van der Waals surface area (Å²) >= 11 is 0. The molecular formula is C10H20N2O2S. The van der Waals surface area contributed by atoms with Crippen molar-refractivity contribution in [3.05, 3.63) is 0 Å². The van der Waals surface area contributed by atoms with Crippen molar-refractivity contribution in [2.45, 2.75) is 38.3 Å². The van der Waals surface area contributed by atoms with Crippen LogP contribution in [0.4, 0.5) is 0 Å². The van der Waals surface area contributed by atoms with Gasteiger partial charge in [0.25, 0.3) is 0 Å². The third-order valence-corrected chi connectivity index (χ3v) is 5.72. The quantitative estimate of drug-likeness (QED) is 0.696. The zero-order valence-corrected chi connectivity index (χ0v) is 10.3. The molecule has 5 heteroatoms. The number of hydrogen-bond donors (Lipinski definition) is 0. The minimum absolute atomic E-state index is 0.230. The molecule has 0 saturated carbocycles. The highest BCUT2D eigenvalue weighted by molar-refractivity contribution is 7.89. The highest BCUT2D eigenvalue weighted by Gasteiger charge is 2.37. The van der Waals surface area contributed by atoms with Crippen molar-refractivity contribution in [2.75, 3.05) is 25.9 Å². The van der Waals surface area contributed by atoms with Crippen molar-refractivity contribution in [1.29, 1.82) is 0 Å². The average Bonchev–Trinajstić information content (AvgIpc) is 2.40. The fourth-order valence-electron chi connectivity index (χ4n) is 2.71. The fraction of sp³-hybridized carbons (Fsp3) is 1.00. The Hall–Kier alpha value is -0.130. The summed E-state index contributed by atoms with van der Waals surface area (Å²) in [5, 5.41) is 0. The van der Waals surface area contributed by atoms with E-state index in [1.165, 1.54) is 6.42 Å². The summed E-state index contributed by atoms with van der Waals surface area (Å²) in [6.45, 7) is 3.13. The molecule has 2 heterocycles. The average molecular weight is 232 g/mol. The maximum absolute atomic E-state index is 11.8. The third kappa shape index (κ3) is 2.05. The van der Waals surface area contributed by atoms with Crippen LogP contribution in [0.5, 0.6) is 0 Å². The Bertz CT molecular complexity index is 328. The first-order valence-corrected chi connectivity index (χ1v) is 7.35. The zero-order valence-electron chi connectivity index (χ0n) is 9.52. The lowest BCUT2D eigenvalue weighted by Gasteiger charge is -2.24. The second kappa shape index (κ2) is 4.03. The predicted octanol–water partition coefficient (Wildman–Crippen LogP) is 0.505. The number of rotatable bonds is 2. The Labute approximate surface area is 92.3 Å². The van der Waals surface area contributed by atoms with Gasteiger partial charge < -0.3 is 0 Å². The Morgan fingerprint density at radius 2 is 1.87 bits per heavy atom. The maximum Gasteiger partial charge on any atom is 0.213 e. The zero-order chi connectivity index (χ0) is 11.1. The molecule has 2 aliphatic heterocycles. The molecule has 4 nitrogen and oxygen atoms in total. The Balaban J connectivity index is 2.13. The highest BCUT2D eigenvalue weighted by atomic mass is 32.2. The van der Waals surface area contributed by atoms with Crippen molar-refractivity contribution in [3.8, 4) is 0 Å². The van der Waals surface area contributed by atoms with Crippen LogP contribution in [0.15, 0.2) is 0 Å². The van der Waals surface area contributed by atoms with Crippen LogP contribution >= 0.6 is 0 Å². The van der Waals surface area contributed by atoms with Crippen molar-refractivity contribution < 1.29 is 8.42 Å². The Kier molecular flexibility index (Phi) is 3.05. The van der Waals surface area contributed by atoms with Gasteiger partial charge in [-0.05, 0) is 33.2 Å². The third-order valence-electron chi connectivity index (χ3n) is 3.87. The van der Waals surface area contributed by atoms with Gasteiger partial charge in [-0.3, -0.25) is 4.90 Å². The van der Waals surface area contributed by atoms with E-state index in [1.807, 2.05) is 0 Å². The first-order valence-electron chi connectivity index (χ1n) is 5.74. The topological polar surface area (TPSA) is 40.6 Å². The van der Waals surface area contributed by atoms with E-state index in [9.17, 15) is 8.42 Å². The van der Waals surface area contributed by atoms with E-state index in [2.05, 4.69) is 11.9 Å². The van der Waals surface area contributed by atoms with Gasteiger partial charge in [-0.1, -0.05) is 0 Å². The van der Waals surface area contributed by atoms with Gasteiger partial charge in [-0.2, -0.15) is 0 Å². The minimum Gasteiger partial charge on any atom is -0.299 e. The lowest BCUT2D eigenvalue weighted by atomic mass is 10.1. The molecule has 0 aromatic rings. The molecule has 0 radical (unpaired) electrons. The molecule has 2 fully saturated rings. The summed E-state index contributed by atoms with van der Waals surface area (Å²) in [5.74, 6) is 0.230. The van der Waals surface area contributed by atoms with E-state index < -0.39 is 10.0 Å². The molecule has 0 N–H and O–H groups in total. The van der Waals surface area contributed by atoms with Gasteiger partial charge in [0.05, 0.1) is 5.75 Å². The standard InChI is InChI=1S/C10H20N2O2S/c1-3-15(13,14)12-7-6-9-4-5-10(8-12)11(9)2/h9-10H,3-8H2,1-2H3. The Morgan fingerprint density at radius 3 is 2.53 bits per heavy atom. The van der Waals surface area contributed by atoms with Crippen LogP contribution < -0.4 is 0 Å². The summed E-state index contributed by atoms with van der Waals surface area (Å²) in [5.41, 5.74) is 0. The minimum atomic E-state index is -2.98. The first kappa shape index (κ1) is 11.4. The van der Waals surface area contributed by atoms with Crippen molar-refractivity contribution in [2.24, 2.45) is 0 Å². The van der Waals surface area contributed by atoms with E-state index in [0.717, 1.165) is 12.8 Å². The van der Waals surface area contributed by atoms with Gasteiger partial charge in [0.15, 0.2) is 0 Å². The van der Waals surface area contributed by atoms with Crippen molar-refractivity contribution >= 4 is 10.0 Å². The highest BCUT2D eigenvalue weighted by Crippen LogP contribution is 2.29. The van der Waals surface area contributed by atoms with Gasteiger partial charge in [0, 0.05) is 25.2 Å². The molecule has 2 bridgehead atoms. The lowest BCUT2D eigenvalue weighted by Crippen LogP contribution is -2.40. The van der Waals surface area contributed by atoms with Crippen molar-refractivity contribution in [3.63, 3.8) is 0 Å². The van der Waals surface area contributed by atoms with E-state index in [1.54, 1.807) is 11.2 Å². The predicted molar refractivity (Wildman–Crippen MR) is 60.2 cm³/mol. The van der Waals surface area contributed by atoms with Gasteiger partial charge in [-0.15, -0.1) is 0 Å². The molecule has 2 atom stereocenters. The summed E-state index contributed by atoms with van der Waals surface area (Å²) < 4.78 is 25.3. The molecule has 0 aliphatic carbocycles. The molecule has 2 unspecified atom stereocenters. The second-order valence-electron chi connectivity index (χ2n) is 4.60. The Morgan fingerprint density at radius 1 is 1.20 bits per heavy atom. The SMILES string of the molecule is CCS(=O)(=O)N1CCC2CCC(C1)N2C. The first-order chi connectivity index (χ1) is 7.04. The van der Waals surface area contributed by atoms with Gasteiger partial charge in [0.2, 0.25) is 10.0 Å². The molecule has 2 aliphatic rings. The number of hydrogen-bond acceptors (Lipinski definition) is 3. The molecule has 88 valence electrons. The van der Waals surface area contributed by atoms with Crippen LogP contribution in [0.3, 0.4) is 0 Å². The van der Waals surface area contributed by atoms with Crippen LogP contribution in [-0.4, -0.2) is 55.6 Å². The fourth-order valence-corrected chi connectivity index (χ4v) is 3.86. The summed E-state index contributed by atoms with van der Waals surface area (Å²) in [6.07, 6.45) is 3.38. The summed E-state index contributed by atoms with van der Waals surface area (Å²) in [4.78, 5) is 2.37. The van der Waals surface area contributed by atoms with Crippen LogP contribution in [0.2, 0.25) is 0 Å². The summed E-state index contributed by atoms with van der Waals surface area (Å²) in [7, 11) is -0.854.